The first-order valence-corrected chi connectivity index (χ1v) is 5.09. The minimum absolute atomic E-state index is 0.0363. The van der Waals surface area contributed by atoms with Gasteiger partial charge >= 0.3 is 0 Å². The molecule has 7 heteroatoms. The van der Waals surface area contributed by atoms with Crippen molar-refractivity contribution in [3.8, 4) is 11.4 Å². The van der Waals surface area contributed by atoms with Gasteiger partial charge in [0, 0.05) is 24.9 Å². The number of halogens is 2. The predicted molar refractivity (Wildman–Crippen MR) is 62.6 cm³/mol. The van der Waals surface area contributed by atoms with Crippen LogP contribution in [-0.4, -0.2) is 22.0 Å². The maximum absolute atomic E-state index is 12.9. The van der Waals surface area contributed by atoms with Gasteiger partial charge < -0.3 is 10.3 Å². The molecule has 2 rings (SSSR count). The van der Waals surface area contributed by atoms with Crippen LogP contribution < -0.4 is 10.9 Å². The molecule has 0 aromatic carbocycles. The van der Waals surface area contributed by atoms with Gasteiger partial charge in [-0.25, -0.2) is 9.97 Å². The Bertz CT molecular complexity index is 613. The van der Waals surface area contributed by atoms with E-state index >= 15 is 0 Å². The van der Waals surface area contributed by atoms with Crippen LogP contribution in [0, 0.1) is 5.95 Å². The first-order chi connectivity index (χ1) is 8.11. The number of hydrogen-bond donors (Lipinski definition) is 2. The number of nitrogens with zero attached hydrogens (tertiary/aromatic N) is 2. The molecule has 0 unspecified atom stereocenters. The van der Waals surface area contributed by atoms with Gasteiger partial charge in [0.1, 0.15) is 10.8 Å². The van der Waals surface area contributed by atoms with Gasteiger partial charge in [0.25, 0.3) is 5.56 Å². The Kier molecular flexibility index (Phi) is 3.06. The summed E-state index contributed by atoms with van der Waals surface area (Å²) in [4.78, 5) is 21.5. The van der Waals surface area contributed by atoms with Crippen LogP contribution in [0.1, 0.15) is 0 Å². The summed E-state index contributed by atoms with van der Waals surface area (Å²) < 4.78 is 12.9. The fraction of sp³-hybridized carbons (Fsp3) is 0.100. The zero-order valence-electron chi connectivity index (χ0n) is 8.79. The average Bonchev–Trinajstić information content (AvgIpc) is 2.32. The summed E-state index contributed by atoms with van der Waals surface area (Å²) in [5.74, 6) is -0.182. The molecule has 0 atom stereocenters. The van der Waals surface area contributed by atoms with Crippen molar-refractivity contribution in [2.24, 2.45) is 0 Å². The number of nitrogens with one attached hydrogen (secondary N) is 2. The van der Waals surface area contributed by atoms with Crippen molar-refractivity contribution in [1.29, 1.82) is 0 Å². The van der Waals surface area contributed by atoms with Crippen LogP contribution >= 0.6 is 11.6 Å². The Labute approximate surface area is 101 Å². The number of aromatic amines is 1. The van der Waals surface area contributed by atoms with Crippen LogP contribution in [0.2, 0.25) is 5.02 Å². The minimum Gasteiger partial charge on any atom is -0.372 e. The third kappa shape index (κ3) is 2.26. The maximum Gasteiger partial charge on any atom is 0.272 e. The maximum atomic E-state index is 12.9. The summed E-state index contributed by atoms with van der Waals surface area (Å²) in [5.41, 5.74) is -0.0685. The average molecular weight is 255 g/mol. The second-order valence-electron chi connectivity index (χ2n) is 3.19. The van der Waals surface area contributed by atoms with Crippen molar-refractivity contribution in [3.63, 3.8) is 0 Å². The van der Waals surface area contributed by atoms with Gasteiger partial charge in [-0.1, -0.05) is 11.6 Å². The van der Waals surface area contributed by atoms with E-state index in [1.807, 2.05) is 0 Å². The van der Waals surface area contributed by atoms with E-state index in [2.05, 4.69) is 20.3 Å². The van der Waals surface area contributed by atoms with Crippen LogP contribution in [-0.2, 0) is 0 Å². The molecule has 0 bridgehead atoms. The van der Waals surface area contributed by atoms with Crippen molar-refractivity contribution in [2.75, 3.05) is 12.4 Å². The first-order valence-electron chi connectivity index (χ1n) is 4.71. The normalized spacial score (nSPS) is 10.3. The number of aromatic nitrogens is 3. The molecule has 2 aromatic rings. The lowest BCUT2D eigenvalue weighted by atomic mass is 10.2. The number of H-pyrrole nitrogens is 1. The minimum atomic E-state index is -0.647. The Morgan fingerprint density at radius 2 is 2.29 bits per heavy atom. The molecule has 0 radical (unpaired) electrons. The highest BCUT2D eigenvalue weighted by Gasteiger charge is 2.09. The van der Waals surface area contributed by atoms with Crippen LogP contribution in [0.4, 0.5) is 10.2 Å². The molecule has 2 N–H and O–H groups in total. The van der Waals surface area contributed by atoms with E-state index in [0.717, 1.165) is 0 Å². The fourth-order valence-corrected chi connectivity index (χ4v) is 1.49. The quantitative estimate of drug-likeness (QED) is 0.800. The summed E-state index contributed by atoms with van der Waals surface area (Å²) in [7, 11) is 1.59. The third-order valence-electron chi connectivity index (χ3n) is 2.10. The van der Waals surface area contributed by atoms with Crippen molar-refractivity contribution < 1.29 is 4.39 Å². The number of rotatable bonds is 2. The highest BCUT2D eigenvalue weighted by molar-refractivity contribution is 6.32. The van der Waals surface area contributed by atoms with E-state index in [1.54, 1.807) is 7.05 Å². The molecule has 0 aliphatic heterocycles. The summed E-state index contributed by atoms with van der Waals surface area (Å²) >= 11 is 5.73. The lowest BCUT2D eigenvalue weighted by molar-refractivity contribution is 0.584. The van der Waals surface area contributed by atoms with Gasteiger partial charge in [0.15, 0.2) is 5.82 Å². The zero-order valence-corrected chi connectivity index (χ0v) is 9.55. The summed E-state index contributed by atoms with van der Waals surface area (Å²) in [6, 6.07) is 2.71. The topological polar surface area (TPSA) is 70.7 Å². The van der Waals surface area contributed by atoms with Crippen LogP contribution in [0.15, 0.2) is 23.1 Å². The summed E-state index contributed by atoms with van der Waals surface area (Å²) in [5, 5.41) is 2.65. The SMILES string of the molecule is CNc1nc(-c2ccnc(F)c2)[nH]c(=O)c1Cl. The van der Waals surface area contributed by atoms with Gasteiger partial charge in [0.2, 0.25) is 5.95 Å². The number of pyridine rings is 1. The van der Waals surface area contributed by atoms with E-state index < -0.39 is 11.5 Å². The lowest BCUT2D eigenvalue weighted by Crippen LogP contribution is -2.12. The molecule has 0 aliphatic carbocycles. The molecule has 0 fully saturated rings. The molecule has 0 aliphatic rings. The highest BCUT2D eigenvalue weighted by Crippen LogP contribution is 2.19. The van der Waals surface area contributed by atoms with Crippen molar-refractivity contribution >= 4 is 17.4 Å². The Balaban J connectivity index is 2.61. The second kappa shape index (κ2) is 4.50. The summed E-state index contributed by atoms with van der Waals surface area (Å²) in [6.07, 6.45) is 1.29. The first kappa shape index (κ1) is 11.5. The number of hydrogen-bond acceptors (Lipinski definition) is 4. The van der Waals surface area contributed by atoms with Gasteiger partial charge in [-0.05, 0) is 6.07 Å². The van der Waals surface area contributed by atoms with Crippen LogP contribution in [0.3, 0.4) is 0 Å². The Hall–Kier alpha value is -1.95. The van der Waals surface area contributed by atoms with Gasteiger partial charge in [-0.2, -0.15) is 4.39 Å². The van der Waals surface area contributed by atoms with Gasteiger partial charge in [0.05, 0.1) is 0 Å². The Morgan fingerprint density at radius 1 is 1.53 bits per heavy atom. The zero-order chi connectivity index (χ0) is 12.4. The molecule has 2 heterocycles. The van der Waals surface area contributed by atoms with Crippen LogP contribution in [0.25, 0.3) is 11.4 Å². The lowest BCUT2D eigenvalue weighted by Gasteiger charge is -2.05. The molecule has 2 aromatic heterocycles. The molecule has 88 valence electrons. The van der Waals surface area contributed by atoms with Gasteiger partial charge in [-0.3, -0.25) is 4.79 Å². The highest BCUT2D eigenvalue weighted by atomic mass is 35.5. The summed E-state index contributed by atoms with van der Waals surface area (Å²) in [6.45, 7) is 0. The van der Waals surface area contributed by atoms with Gasteiger partial charge in [-0.15, -0.1) is 0 Å². The molecule has 0 spiro atoms. The van der Waals surface area contributed by atoms with E-state index in [-0.39, 0.29) is 16.7 Å². The fourth-order valence-electron chi connectivity index (χ4n) is 1.31. The second-order valence-corrected chi connectivity index (χ2v) is 3.57. The number of anilines is 1. The Morgan fingerprint density at radius 3 is 2.94 bits per heavy atom. The third-order valence-corrected chi connectivity index (χ3v) is 2.45. The molecule has 0 saturated carbocycles. The van der Waals surface area contributed by atoms with E-state index in [4.69, 9.17) is 11.6 Å². The van der Waals surface area contributed by atoms with Crippen molar-refractivity contribution in [2.45, 2.75) is 0 Å². The van der Waals surface area contributed by atoms with E-state index in [9.17, 15) is 9.18 Å². The van der Waals surface area contributed by atoms with Crippen LogP contribution in [0.5, 0.6) is 0 Å². The molecular weight excluding hydrogens is 247 g/mol. The monoisotopic (exact) mass is 254 g/mol. The molecule has 0 amide bonds. The van der Waals surface area contributed by atoms with Crippen molar-refractivity contribution in [3.05, 3.63) is 39.7 Å². The predicted octanol–water partition coefficient (Wildman–Crippen LogP) is 1.67. The van der Waals surface area contributed by atoms with E-state index in [1.165, 1.54) is 18.3 Å². The molecule has 5 nitrogen and oxygen atoms in total. The standard InChI is InChI=1S/C10H8ClFN4O/c1-13-9-7(11)10(17)16-8(15-9)5-2-3-14-6(12)4-5/h2-4H,1H3,(H2,13,15,16,17). The van der Waals surface area contributed by atoms with Crippen molar-refractivity contribution in [1.82, 2.24) is 15.0 Å². The smallest absolute Gasteiger partial charge is 0.272 e. The largest absolute Gasteiger partial charge is 0.372 e. The molecule has 0 saturated heterocycles. The molecular formula is C10H8ClFN4O. The molecule has 17 heavy (non-hydrogen) atoms. The van der Waals surface area contributed by atoms with E-state index in [0.29, 0.717) is 5.56 Å².